The monoisotopic (exact) mass is 581 g/mol. The van der Waals surface area contributed by atoms with Gasteiger partial charge in [-0.3, -0.25) is 4.79 Å². The fourth-order valence-electron chi connectivity index (χ4n) is 5.72. The normalized spacial score (nSPS) is 19.1. The van der Waals surface area contributed by atoms with Crippen LogP contribution < -0.4 is 15.0 Å². The van der Waals surface area contributed by atoms with E-state index in [1.165, 1.54) is 0 Å². The van der Waals surface area contributed by atoms with Gasteiger partial charge in [0.15, 0.2) is 5.13 Å². The molecule has 2 atom stereocenters. The molecule has 0 aliphatic carbocycles. The number of rotatable bonds is 7. The molecule has 3 aromatic rings. The number of carbonyl (C=O) groups excluding carboxylic acids is 1. The zero-order valence-electron chi connectivity index (χ0n) is 24.8. The Bertz CT molecular complexity index is 1420. The van der Waals surface area contributed by atoms with Crippen molar-refractivity contribution >= 4 is 22.4 Å². The molecule has 7 nitrogen and oxygen atoms in total. The Labute approximate surface area is 246 Å². The number of aryl methyl sites for hydroxylation is 2. The van der Waals surface area contributed by atoms with E-state index in [1.54, 1.807) is 18.4 Å². The minimum atomic E-state index is -0.535. The topological polar surface area (TPSA) is 72.9 Å². The number of thiazole rings is 1. The van der Waals surface area contributed by atoms with E-state index in [0.29, 0.717) is 43.8 Å². The number of benzene rings is 2. The van der Waals surface area contributed by atoms with Crippen molar-refractivity contribution in [2.75, 3.05) is 31.6 Å². The first-order valence-electron chi connectivity index (χ1n) is 14.2. The molecule has 0 saturated carbocycles. The molecule has 0 radical (unpaired) electrons. The van der Waals surface area contributed by atoms with Crippen molar-refractivity contribution in [1.82, 2.24) is 10.3 Å². The first-order valence-corrected chi connectivity index (χ1v) is 15.1. The maximum atomic E-state index is 15.4. The zero-order chi connectivity index (χ0) is 29.3. The van der Waals surface area contributed by atoms with Crippen LogP contribution in [-0.4, -0.2) is 49.4 Å². The Kier molecular flexibility index (Phi) is 8.68. The van der Waals surface area contributed by atoms with Crippen molar-refractivity contribution in [2.45, 2.75) is 72.3 Å². The zero-order valence-corrected chi connectivity index (χ0v) is 25.6. The fourth-order valence-corrected chi connectivity index (χ4v) is 6.58. The second-order valence-corrected chi connectivity index (χ2v) is 12.8. The van der Waals surface area contributed by atoms with E-state index < -0.39 is 5.60 Å². The summed E-state index contributed by atoms with van der Waals surface area (Å²) in [5, 5.41) is 6.22. The summed E-state index contributed by atoms with van der Waals surface area (Å²) in [7, 11) is 1.64. The van der Waals surface area contributed by atoms with Crippen LogP contribution in [0.4, 0.5) is 9.52 Å². The minimum Gasteiger partial charge on any atom is -0.488 e. The van der Waals surface area contributed by atoms with Gasteiger partial charge in [0, 0.05) is 43.3 Å². The number of piperidine rings is 1. The van der Waals surface area contributed by atoms with Gasteiger partial charge in [-0.15, -0.1) is 11.3 Å². The molecule has 0 unspecified atom stereocenters. The average molecular weight is 582 g/mol. The highest BCUT2D eigenvalue weighted by atomic mass is 32.1. The van der Waals surface area contributed by atoms with Crippen LogP contribution >= 0.6 is 11.3 Å². The molecule has 220 valence electrons. The van der Waals surface area contributed by atoms with E-state index in [1.807, 2.05) is 64.3 Å². The second-order valence-electron chi connectivity index (χ2n) is 12.0. The number of hydrogen-bond acceptors (Lipinski definition) is 8. The summed E-state index contributed by atoms with van der Waals surface area (Å²) in [6.07, 6.45) is 1.03. The Morgan fingerprint density at radius 3 is 2.78 bits per heavy atom. The number of hydrogen-bond donors (Lipinski definition) is 1. The number of aromatic nitrogens is 1. The molecule has 2 aliphatic rings. The molecule has 5 rings (SSSR count). The van der Waals surface area contributed by atoms with Gasteiger partial charge in [-0.25, -0.2) is 9.37 Å². The lowest BCUT2D eigenvalue weighted by molar-refractivity contribution is -0.165. The number of halogens is 1. The van der Waals surface area contributed by atoms with Crippen LogP contribution in [0.15, 0.2) is 29.6 Å². The van der Waals surface area contributed by atoms with Gasteiger partial charge in [0.1, 0.15) is 23.8 Å². The summed E-state index contributed by atoms with van der Waals surface area (Å²) in [4.78, 5) is 19.9. The number of anilines is 1. The van der Waals surface area contributed by atoms with Gasteiger partial charge in [0.2, 0.25) is 0 Å². The van der Waals surface area contributed by atoms with Crippen molar-refractivity contribution in [3.63, 3.8) is 0 Å². The molecule has 0 spiro atoms. The molecule has 0 amide bonds. The summed E-state index contributed by atoms with van der Waals surface area (Å²) in [6.45, 7) is 12.5. The number of ether oxygens (including phenoxy) is 3. The number of esters is 1. The third kappa shape index (κ3) is 6.42. The van der Waals surface area contributed by atoms with Gasteiger partial charge in [0.25, 0.3) is 0 Å². The quantitative estimate of drug-likeness (QED) is 0.345. The Balaban J connectivity index is 1.33. The summed E-state index contributed by atoms with van der Waals surface area (Å²) in [5.41, 5.74) is 5.65. The van der Waals surface area contributed by atoms with Gasteiger partial charge < -0.3 is 24.4 Å². The first-order chi connectivity index (χ1) is 19.6. The largest absolute Gasteiger partial charge is 0.488 e. The molecule has 1 saturated heterocycles. The lowest BCUT2D eigenvalue weighted by Crippen LogP contribution is -2.49. The van der Waals surface area contributed by atoms with Crippen molar-refractivity contribution < 1.29 is 23.4 Å². The van der Waals surface area contributed by atoms with Crippen LogP contribution in [0.3, 0.4) is 0 Å². The lowest BCUT2D eigenvalue weighted by atomic mass is 9.93. The first kappa shape index (κ1) is 29.5. The van der Waals surface area contributed by atoms with E-state index in [2.05, 4.69) is 10.2 Å². The second kappa shape index (κ2) is 12.1. The highest BCUT2D eigenvalue weighted by Crippen LogP contribution is 2.38. The molecule has 1 aromatic heterocycles. The van der Waals surface area contributed by atoms with Gasteiger partial charge in [-0.05, 0) is 88.4 Å². The summed E-state index contributed by atoms with van der Waals surface area (Å²) < 4.78 is 33.1. The van der Waals surface area contributed by atoms with Crippen LogP contribution in [0, 0.1) is 25.6 Å². The van der Waals surface area contributed by atoms with Crippen LogP contribution in [0.1, 0.15) is 55.0 Å². The molecule has 3 heterocycles. The standard InChI is InChI=1S/C32H40FN3O4S/c1-19-8-7-9-23(29(19)39-17-21-14-20(2)25-15-34-12-10-22(25)28(21)33)26-18-41-31(35-26)36-13-11-24(27(16-36)38-6)30(37)40-32(3,4)5/h7-9,14,18,24,27,34H,10-13,15-17H2,1-6H3/t24-,27+/m1/s1. The maximum Gasteiger partial charge on any atom is 0.312 e. The van der Waals surface area contributed by atoms with Crippen LogP contribution in [0.5, 0.6) is 5.75 Å². The number of carbonyl (C=O) groups is 1. The Morgan fingerprint density at radius 2 is 2.02 bits per heavy atom. The smallest absolute Gasteiger partial charge is 0.312 e. The third-order valence-corrected chi connectivity index (χ3v) is 8.73. The third-order valence-electron chi connectivity index (χ3n) is 7.83. The van der Waals surface area contributed by atoms with Gasteiger partial charge >= 0.3 is 5.97 Å². The molecular formula is C32H40FN3O4S. The molecule has 0 bridgehead atoms. The van der Waals surface area contributed by atoms with Crippen LogP contribution in [-0.2, 0) is 33.8 Å². The molecular weight excluding hydrogens is 541 g/mol. The van der Waals surface area contributed by atoms with E-state index >= 15 is 4.39 Å². The molecule has 2 aromatic carbocycles. The highest BCUT2D eigenvalue weighted by molar-refractivity contribution is 7.14. The van der Waals surface area contributed by atoms with Crippen LogP contribution in [0.25, 0.3) is 11.3 Å². The predicted molar refractivity (Wildman–Crippen MR) is 160 cm³/mol. The Hall–Kier alpha value is -3.01. The molecule has 2 aliphatic heterocycles. The van der Waals surface area contributed by atoms with Gasteiger partial charge in [-0.1, -0.05) is 12.1 Å². The number of methoxy groups -OCH3 is 1. The summed E-state index contributed by atoms with van der Waals surface area (Å²) in [6, 6.07) is 7.89. The Morgan fingerprint density at radius 1 is 1.22 bits per heavy atom. The average Bonchev–Trinajstić information content (AvgIpc) is 3.43. The number of nitrogens with zero attached hydrogens (tertiary/aromatic N) is 2. The van der Waals surface area contributed by atoms with Crippen molar-refractivity contribution in [1.29, 1.82) is 0 Å². The molecule has 1 fully saturated rings. The minimum absolute atomic E-state index is 0.149. The van der Waals surface area contributed by atoms with E-state index in [9.17, 15) is 4.79 Å². The number of fused-ring (bicyclic) bond motifs is 1. The van der Waals surface area contributed by atoms with Crippen LogP contribution in [0.2, 0.25) is 0 Å². The van der Waals surface area contributed by atoms with Crippen molar-refractivity contribution in [3.8, 4) is 17.0 Å². The van der Waals surface area contributed by atoms with E-state index in [-0.39, 0.29) is 30.4 Å². The predicted octanol–water partition coefficient (Wildman–Crippen LogP) is 5.97. The molecule has 9 heteroatoms. The lowest BCUT2D eigenvalue weighted by Gasteiger charge is -2.37. The molecule has 41 heavy (non-hydrogen) atoms. The van der Waals surface area contributed by atoms with Gasteiger partial charge in [-0.2, -0.15) is 0 Å². The fraction of sp³-hybridized carbons (Fsp3) is 0.500. The van der Waals surface area contributed by atoms with Crippen molar-refractivity contribution in [3.05, 3.63) is 63.3 Å². The maximum absolute atomic E-state index is 15.4. The SMILES string of the molecule is CO[C@H]1CN(c2nc(-c3cccc(C)c3OCc3cc(C)c4c(c3F)CCNC4)cs2)CC[C@H]1C(=O)OC(C)(C)C. The number of nitrogens with one attached hydrogen (secondary N) is 1. The van der Waals surface area contributed by atoms with E-state index in [0.717, 1.165) is 45.2 Å². The van der Waals surface area contributed by atoms with E-state index in [4.69, 9.17) is 19.2 Å². The highest BCUT2D eigenvalue weighted by Gasteiger charge is 2.38. The summed E-state index contributed by atoms with van der Waals surface area (Å²) >= 11 is 1.55. The molecule has 1 N–H and O–H groups in total. The summed E-state index contributed by atoms with van der Waals surface area (Å²) in [5.74, 6) is 0.0306. The van der Waals surface area contributed by atoms with Gasteiger partial charge in [0.05, 0.1) is 17.7 Å². The number of para-hydroxylation sites is 1. The van der Waals surface area contributed by atoms with Crippen molar-refractivity contribution in [2.24, 2.45) is 5.92 Å².